The first-order valence-corrected chi connectivity index (χ1v) is 10.4. The normalized spacial score (nSPS) is 14.2. The van der Waals surface area contributed by atoms with E-state index in [0.717, 1.165) is 57.8 Å². The number of aromatic nitrogens is 1. The van der Waals surface area contributed by atoms with Crippen LogP contribution in [0, 0.1) is 6.92 Å². The highest BCUT2D eigenvalue weighted by Gasteiger charge is 2.23. The Balaban J connectivity index is 1.65. The molecule has 1 amide bonds. The molecule has 1 aliphatic rings. The van der Waals surface area contributed by atoms with Gasteiger partial charge in [-0.05, 0) is 43.5 Å². The third-order valence-electron chi connectivity index (χ3n) is 5.26. The van der Waals surface area contributed by atoms with Gasteiger partial charge in [0.15, 0.2) is 0 Å². The van der Waals surface area contributed by atoms with Crippen molar-refractivity contribution in [3.05, 3.63) is 53.9 Å². The number of amides is 1. The molecule has 3 rings (SSSR count). The van der Waals surface area contributed by atoms with Crippen molar-refractivity contribution in [2.45, 2.75) is 33.6 Å². The fourth-order valence-corrected chi connectivity index (χ4v) is 3.80. The molecule has 28 heavy (non-hydrogen) atoms. The van der Waals surface area contributed by atoms with E-state index in [1.165, 1.54) is 11.3 Å². The summed E-state index contributed by atoms with van der Waals surface area (Å²) in [7, 11) is 0. The Labute approximate surface area is 169 Å². The lowest BCUT2D eigenvalue weighted by molar-refractivity contribution is 0.0746. The van der Waals surface area contributed by atoms with Gasteiger partial charge >= 0.3 is 0 Å². The number of piperazine rings is 1. The minimum absolute atomic E-state index is 0.0891. The van der Waals surface area contributed by atoms with Gasteiger partial charge in [0.05, 0.1) is 17.4 Å². The molecular formula is C23H32N4O. The molecule has 0 radical (unpaired) electrons. The summed E-state index contributed by atoms with van der Waals surface area (Å²) in [5.41, 5.74) is 4.25. The number of benzene rings is 1. The van der Waals surface area contributed by atoms with Crippen molar-refractivity contribution in [2.24, 2.45) is 0 Å². The summed E-state index contributed by atoms with van der Waals surface area (Å²) in [6, 6.07) is 10.6. The van der Waals surface area contributed by atoms with Crippen molar-refractivity contribution in [3.8, 4) is 0 Å². The first kappa shape index (κ1) is 20.2. The van der Waals surface area contributed by atoms with Crippen LogP contribution in [-0.2, 0) is 0 Å². The molecule has 150 valence electrons. The predicted molar refractivity (Wildman–Crippen MR) is 116 cm³/mol. The monoisotopic (exact) mass is 380 g/mol. The number of hydrogen-bond acceptors (Lipinski definition) is 4. The van der Waals surface area contributed by atoms with Crippen LogP contribution < -0.4 is 9.80 Å². The number of carbonyl (C=O) groups excluding carboxylic acids is 1. The van der Waals surface area contributed by atoms with Gasteiger partial charge in [-0.1, -0.05) is 26.0 Å². The molecule has 1 aromatic heterocycles. The van der Waals surface area contributed by atoms with E-state index in [0.29, 0.717) is 5.56 Å². The van der Waals surface area contributed by atoms with Gasteiger partial charge in [-0.2, -0.15) is 0 Å². The summed E-state index contributed by atoms with van der Waals surface area (Å²) in [5, 5.41) is 0. The van der Waals surface area contributed by atoms with Crippen molar-refractivity contribution >= 4 is 17.3 Å². The van der Waals surface area contributed by atoms with E-state index in [4.69, 9.17) is 0 Å². The van der Waals surface area contributed by atoms with E-state index >= 15 is 0 Å². The van der Waals surface area contributed by atoms with E-state index in [9.17, 15) is 4.79 Å². The Morgan fingerprint density at radius 2 is 1.75 bits per heavy atom. The first-order valence-electron chi connectivity index (χ1n) is 10.4. The molecule has 0 bridgehead atoms. The number of anilines is 2. The van der Waals surface area contributed by atoms with Gasteiger partial charge in [-0.15, -0.1) is 0 Å². The minimum atomic E-state index is 0.0891. The molecule has 2 heterocycles. The predicted octanol–water partition coefficient (Wildman–Crippen LogP) is 3.98. The highest BCUT2D eigenvalue weighted by atomic mass is 16.2. The third-order valence-corrected chi connectivity index (χ3v) is 5.26. The SMILES string of the molecule is CCCN(CCC)c1cncc(C(=O)N2CCN(c3cccc(C)c3)CC2)c1. The molecule has 0 unspecified atom stereocenters. The molecule has 1 aliphatic heterocycles. The Morgan fingerprint density at radius 1 is 1.04 bits per heavy atom. The standard InChI is InChI=1S/C23H32N4O/c1-4-9-25(10-5-2)22-16-20(17-24-18-22)23(28)27-13-11-26(12-14-27)21-8-6-7-19(3)15-21/h6-8,15-18H,4-5,9-14H2,1-3H3. The average Bonchev–Trinajstić information content (AvgIpc) is 2.73. The Kier molecular flexibility index (Phi) is 6.90. The largest absolute Gasteiger partial charge is 0.370 e. The lowest BCUT2D eigenvalue weighted by Crippen LogP contribution is -2.48. The van der Waals surface area contributed by atoms with E-state index < -0.39 is 0 Å². The third kappa shape index (κ3) is 4.83. The molecule has 5 nitrogen and oxygen atoms in total. The van der Waals surface area contributed by atoms with Crippen LogP contribution in [0.25, 0.3) is 0 Å². The molecule has 2 aromatic rings. The molecule has 5 heteroatoms. The lowest BCUT2D eigenvalue weighted by Gasteiger charge is -2.36. The van der Waals surface area contributed by atoms with Gasteiger partial charge in [0.2, 0.25) is 0 Å². The zero-order valence-electron chi connectivity index (χ0n) is 17.4. The number of aryl methyl sites for hydroxylation is 1. The molecule has 1 fully saturated rings. The second-order valence-corrected chi connectivity index (χ2v) is 7.54. The number of nitrogens with zero attached hydrogens (tertiary/aromatic N) is 4. The van der Waals surface area contributed by atoms with Gasteiger partial charge in [0.1, 0.15) is 0 Å². The number of carbonyl (C=O) groups is 1. The van der Waals surface area contributed by atoms with Crippen LogP contribution >= 0.6 is 0 Å². The minimum Gasteiger partial charge on any atom is -0.370 e. The van der Waals surface area contributed by atoms with Crippen LogP contribution in [0.1, 0.15) is 42.6 Å². The van der Waals surface area contributed by atoms with E-state index in [-0.39, 0.29) is 5.91 Å². The van der Waals surface area contributed by atoms with Gasteiger partial charge in [0.25, 0.3) is 5.91 Å². The maximum Gasteiger partial charge on any atom is 0.255 e. The quantitative estimate of drug-likeness (QED) is 0.728. The molecular weight excluding hydrogens is 348 g/mol. The molecule has 0 N–H and O–H groups in total. The zero-order valence-corrected chi connectivity index (χ0v) is 17.4. The van der Waals surface area contributed by atoms with Gasteiger partial charge in [-0.3, -0.25) is 9.78 Å². The lowest BCUT2D eigenvalue weighted by atomic mass is 10.1. The summed E-state index contributed by atoms with van der Waals surface area (Å²) in [4.78, 5) is 24.0. The second-order valence-electron chi connectivity index (χ2n) is 7.54. The van der Waals surface area contributed by atoms with Crippen molar-refractivity contribution in [1.29, 1.82) is 0 Å². The topological polar surface area (TPSA) is 39.7 Å². The maximum absolute atomic E-state index is 13.0. The fourth-order valence-electron chi connectivity index (χ4n) is 3.80. The summed E-state index contributed by atoms with van der Waals surface area (Å²) in [6.07, 6.45) is 5.74. The highest BCUT2D eigenvalue weighted by Crippen LogP contribution is 2.20. The Hall–Kier alpha value is -2.56. The van der Waals surface area contributed by atoms with Crippen molar-refractivity contribution in [3.63, 3.8) is 0 Å². The number of rotatable bonds is 7. The summed E-state index contributed by atoms with van der Waals surface area (Å²) in [5.74, 6) is 0.0891. The molecule has 1 saturated heterocycles. The van der Waals surface area contributed by atoms with E-state index in [1.807, 2.05) is 17.2 Å². The maximum atomic E-state index is 13.0. The summed E-state index contributed by atoms with van der Waals surface area (Å²) >= 11 is 0. The van der Waals surface area contributed by atoms with Crippen molar-refractivity contribution in [2.75, 3.05) is 49.1 Å². The van der Waals surface area contributed by atoms with Crippen LogP contribution in [-0.4, -0.2) is 55.1 Å². The second kappa shape index (κ2) is 9.58. The van der Waals surface area contributed by atoms with Gasteiger partial charge in [0, 0.05) is 51.2 Å². The van der Waals surface area contributed by atoms with Crippen LogP contribution in [0.4, 0.5) is 11.4 Å². The van der Waals surface area contributed by atoms with Gasteiger partial charge in [-0.25, -0.2) is 0 Å². The molecule has 1 aromatic carbocycles. The molecule has 0 atom stereocenters. The van der Waals surface area contributed by atoms with Crippen LogP contribution in [0.2, 0.25) is 0 Å². The summed E-state index contributed by atoms with van der Waals surface area (Å²) in [6.45, 7) is 11.7. The Morgan fingerprint density at radius 3 is 2.39 bits per heavy atom. The van der Waals surface area contributed by atoms with Gasteiger partial charge < -0.3 is 14.7 Å². The fraction of sp³-hybridized carbons (Fsp3) is 0.478. The Bertz CT molecular complexity index is 778. The smallest absolute Gasteiger partial charge is 0.255 e. The molecule has 0 spiro atoms. The van der Waals surface area contributed by atoms with E-state index in [2.05, 4.69) is 59.8 Å². The van der Waals surface area contributed by atoms with Crippen molar-refractivity contribution in [1.82, 2.24) is 9.88 Å². The van der Waals surface area contributed by atoms with E-state index in [1.54, 1.807) is 6.20 Å². The first-order chi connectivity index (χ1) is 13.6. The van der Waals surface area contributed by atoms with Crippen LogP contribution in [0.15, 0.2) is 42.7 Å². The number of pyridine rings is 1. The molecule has 0 aliphatic carbocycles. The van der Waals surface area contributed by atoms with Crippen LogP contribution in [0.3, 0.4) is 0 Å². The highest BCUT2D eigenvalue weighted by molar-refractivity contribution is 5.95. The average molecular weight is 381 g/mol. The van der Waals surface area contributed by atoms with Crippen molar-refractivity contribution < 1.29 is 4.79 Å². The molecule has 0 saturated carbocycles. The zero-order chi connectivity index (χ0) is 19.9. The summed E-state index contributed by atoms with van der Waals surface area (Å²) < 4.78 is 0. The number of hydrogen-bond donors (Lipinski definition) is 0. The van der Waals surface area contributed by atoms with Crippen LogP contribution in [0.5, 0.6) is 0 Å².